The van der Waals surface area contributed by atoms with Crippen LogP contribution in [0.2, 0.25) is 0 Å². The highest BCUT2D eigenvalue weighted by Gasteiger charge is 2.28. The minimum Gasteiger partial charge on any atom is -0.294 e. The van der Waals surface area contributed by atoms with Crippen LogP contribution in [0, 0.1) is 6.92 Å². The van der Waals surface area contributed by atoms with Crippen molar-refractivity contribution < 1.29 is 4.79 Å². The van der Waals surface area contributed by atoms with Gasteiger partial charge in [-0.2, -0.15) is 5.10 Å². The van der Waals surface area contributed by atoms with Crippen LogP contribution in [0.4, 0.5) is 11.5 Å². The highest BCUT2D eigenvalue weighted by molar-refractivity contribution is 5.99. The molecule has 3 aromatic rings. The van der Waals surface area contributed by atoms with Crippen LogP contribution in [0.5, 0.6) is 0 Å². The number of aromatic nitrogens is 4. The van der Waals surface area contributed by atoms with Gasteiger partial charge in [0.15, 0.2) is 17.3 Å². The Labute approximate surface area is 162 Å². The van der Waals surface area contributed by atoms with Crippen LogP contribution in [0.1, 0.15) is 49.4 Å². The van der Waals surface area contributed by atoms with Crippen LogP contribution in [-0.4, -0.2) is 25.3 Å². The number of aromatic amines is 1. The van der Waals surface area contributed by atoms with Crippen LogP contribution in [-0.2, 0) is 12.5 Å². The van der Waals surface area contributed by atoms with Crippen molar-refractivity contribution in [3.63, 3.8) is 0 Å². The van der Waals surface area contributed by atoms with Gasteiger partial charge < -0.3 is 0 Å². The smallest absolute Gasteiger partial charge is 0.294 e. The number of azo groups is 1. The first-order chi connectivity index (χ1) is 13.1. The predicted molar refractivity (Wildman–Crippen MR) is 107 cm³/mol. The molecular formula is C20H24N6O2. The van der Waals surface area contributed by atoms with Crippen LogP contribution < -0.4 is 5.56 Å². The number of carbonyl (C=O) groups is 1. The monoisotopic (exact) mass is 380 g/mol. The average molecular weight is 380 g/mol. The van der Waals surface area contributed by atoms with E-state index in [1.54, 1.807) is 14.0 Å². The van der Waals surface area contributed by atoms with Gasteiger partial charge in [0.25, 0.3) is 5.56 Å². The molecule has 0 bridgehead atoms. The largest absolute Gasteiger partial charge is 0.299 e. The highest BCUT2D eigenvalue weighted by atomic mass is 16.1. The number of nitrogens with zero attached hydrogens (tertiary/aromatic N) is 5. The fraction of sp³-hybridized carbons (Fsp3) is 0.350. The summed E-state index contributed by atoms with van der Waals surface area (Å²) in [6.07, 6.45) is 0. The molecule has 0 saturated heterocycles. The molecule has 0 radical (unpaired) electrons. The van der Waals surface area contributed by atoms with Gasteiger partial charge in [-0.15, -0.1) is 10.2 Å². The van der Waals surface area contributed by atoms with E-state index < -0.39 is 0 Å². The van der Waals surface area contributed by atoms with Gasteiger partial charge in [-0.05, 0) is 26.0 Å². The number of ketones is 1. The van der Waals surface area contributed by atoms with Crippen molar-refractivity contribution in [2.75, 3.05) is 0 Å². The van der Waals surface area contributed by atoms with E-state index in [1.807, 2.05) is 51.1 Å². The molecule has 8 nitrogen and oxygen atoms in total. The van der Waals surface area contributed by atoms with Crippen LogP contribution in [0.25, 0.3) is 5.69 Å². The Morgan fingerprint density at radius 1 is 1.14 bits per heavy atom. The number of para-hydroxylation sites is 1. The van der Waals surface area contributed by atoms with Crippen molar-refractivity contribution in [2.45, 2.75) is 40.0 Å². The lowest BCUT2D eigenvalue weighted by Gasteiger charge is -2.16. The first-order valence-electron chi connectivity index (χ1n) is 8.98. The van der Waals surface area contributed by atoms with Gasteiger partial charge in [-0.25, -0.2) is 9.36 Å². The van der Waals surface area contributed by atoms with Gasteiger partial charge in [0.1, 0.15) is 0 Å². The lowest BCUT2D eigenvalue weighted by atomic mass is 9.88. The van der Waals surface area contributed by atoms with Gasteiger partial charge in [-0.1, -0.05) is 39.0 Å². The third-order valence-electron chi connectivity index (χ3n) is 4.38. The number of nitrogens with one attached hydrogen (secondary N) is 1. The molecule has 2 heterocycles. The van der Waals surface area contributed by atoms with Crippen LogP contribution in [0.3, 0.4) is 0 Å². The minimum atomic E-state index is -0.323. The standard InChI is InChI=1S/C20H24N6O2/c1-12-16(19(28)26(23-12)14-10-8-7-9-11-14)21-22-18-15(13(2)27)17(20(3,4)5)24-25(18)6/h7-11,23H,1-6H3. The molecular weight excluding hydrogens is 356 g/mol. The Hall–Kier alpha value is -3.29. The highest BCUT2D eigenvalue weighted by Crippen LogP contribution is 2.32. The minimum absolute atomic E-state index is 0.139. The molecule has 1 aromatic carbocycles. The number of hydrogen-bond donors (Lipinski definition) is 1. The van der Waals surface area contributed by atoms with Gasteiger partial charge >= 0.3 is 0 Å². The summed E-state index contributed by atoms with van der Waals surface area (Å²) in [6, 6.07) is 9.22. The summed E-state index contributed by atoms with van der Waals surface area (Å²) in [5, 5.41) is 15.9. The zero-order valence-corrected chi connectivity index (χ0v) is 16.9. The summed E-state index contributed by atoms with van der Waals surface area (Å²) in [7, 11) is 1.71. The second kappa shape index (κ2) is 7.03. The van der Waals surface area contributed by atoms with Crippen LogP contribution in [0.15, 0.2) is 45.4 Å². The van der Waals surface area contributed by atoms with Crippen molar-refractivity contribution in [3.05, 3.63) is 57.6 Å². The number of aryl methyl sites for hydroxylation is 2. The number of Topliss-reactive ketones (excluding diaryl/α,β-unsaturated/α-hetero) is 1. The number of hydrogen-bond acceptors (Lipinski definition) is 5. The molecule has 0 aliphatic carbocycles. The molecule has 8 heteroatoms. The number of carbonyl (C=O) groups excluding carboxylic acids is 1. The van der Waals surface area contributed by atoms with Crippen molar-refractivity contribution in [1.82, 2.24) is 19.6 Å². The summed E-state index contributed by atoms with van der Waals surface area (Å²) >= 11 is 0. The van der Waals surface area contributed by atoms with Gasteiger partial charge in [-0.3, -0.25) is 14.7 Å². The molecule has 0 amide bonds. The SMILES string of the molecule is CC(=O)c1c(C(C)(C)C)nn(C)c1N=Nc1c(C)[nH]n(-c2ccccc2)c1=O. The van der Waals surface area contributed by atoms with Gasteiger partial charge in [0.05, 0.1) is 22.6 Å². The van der Waals surface area contributed by atoms with Crippen molar-refractivity contribution in [2.24, 2.45) is 17.3 Å². The van der Waals surface area contributed by atoms with Gasteiger partial charge in [0, 0.05) is 12.5 Å². The Morgan fingerprint density at radius 2 is 1.79 bits per heavy atom. The molecule has 0 aliphatic rings. The van der Waals surface area contributed by atoms with E-state index in [0.29, 0.717) is 28.5 Å². The predicted octanol–water partition coefficient (Wildman–Crippen LogP) is 4.12. The van der Waals surface area contributed by atoms with E-state index in [4.69, 9.17) is 0 Å². The molecule has 2 aromatic heterocycles. The maximum absolute atomic E-state index is 12.8. The maximum atomic E-state index is 12.8. The third-order valence-corrected chi connectivity index (χ3v) is 4.38. The van der Waals surface area contributed by atoms with Crippen LogP contribution >= 0.6 is 0 Å². The fourth-order valence-corrected chi connectivity index (χ4v) is 2.99. The van der Waals surface area contributed by atoms with E-state index in [1.165, 1.54) is 16.3 Å². The Bertz CT molecular complexity index is 1110. The zero-order valence-electron chi connectivity index (χ0n) is 16.9. The molecule has 0 fully saturated rings. The second-order valence-corrected chi connectivity index (χ2v) is 7.74. The molecule has 146 valence electrons. The first kappa shape index (κ1) is 19.5. The normalized spacial score (nSPS) is 12.1. The Morgan fingerprint density at radius 3 is 2.36 bits per heavy atom. The maximum Gasteiger partial charge on any atom is 0.299 e. The summed E-state index contributed by atoms with van der Waals surface area (Å²) < 4.78 is 2.94. The quantitative estimate of drug-likeness (QED) is 0.544. The first-order valence-corrected chi connectivity index (χ1v) is 8.98. The molecule has 0 spiro atoms. The molecule has 0 saturated carbocycles. The molecule has 28 heavy (non-hydrogen) atoms. The van der Waals surface area contributed by atoms with Crippen molar-refractivity contribution in [1.29, 1.82) is 0 Å². The number of H-pyrrole nitrogens is 1. The van der Waals surface area contributed by atoms with E-state index in [9.17, 15) is 9.59 Å². The average Bonchev–Trinajstić information content (AvgIpc) is 3.11. The lowest BCUT2D eigenvalue weighted by molar-refractivity contribution is 0.101. The molecule has 1 N–H and O–H groups in total. The topological polar surface area (TPSA) is 97.4 Å². The lowest BCUT2D eigenvalue weighted by Crippen LogP contribution is -2.16. The van der Waals surface area contributed by atoms with E-state index in [0.717, 1.165) is 0 Å². The Kier molecular flexibility index (Phi) is 4.89. The number of rotatable bonds is 4. The van der Waals surface area contributed by atoms with E-state index in [-0.39, 0.29) is 22.4 Å². The summed E-state index contributed by atoms with van der Waals surface area (Å²) in [4.78, 5) is 25.0. The third kappa shape index (κ3) is 3.45. The van der Waals surface area contributed by atoms with Crippen molar-refractivity contribution in [3.8, 4) is 5.69 Å². The molecule has 0 aliphatic heterocycles. The van der Waals surface area contributed by atoms with E-state index >= 15 is 0 Å². The zero-order chi connectivity index (χ0) is 20.6. The second-order valence-electron chi connectivity index (χ2n) is 7.74. The number of benzene rings is 1. The fourth-order valence-electron chi connectivity index (χ4n) is 2.99. The molecule has 0 unspecified atom stereocenters. The van der Waals surface area contributed by atoms with Gasteiger partial charge in [0.2, 0.25) is 0 Å². The van der Waals surface area contributed by atoms with E-state index in [2.05, 4.69) is 20.4 Å². The summed E-state index contributed by atoms with van der Waals surface area (Å²) in [5.41, 5.74) is 1.93. The van der Waals surface area contributed by atoms with Crippen molar-refractivity contribution >= 4 is 17.3 Å². The summed E-state index contributed by atoms with van der Waals surface area (Å²) in [5.74, 6) is 0.197. The molecule has 0 atom stereocenters. The summed E-state index contributed by atoms with van der Waals surface area (Å²) in [6.45, 7) is 9.19. The molecule has 3 rings (SSSR count). The Balaban J connectivity index is 2.09.